The molecule has 0 fully saturated rings. The third kappa shape index (κ3) is 3.42. The monoisotopic (exact) mass is 288 g/mol. The van der Waals surface area contributed by atoms with Gasteiger partial charge in [0.05, 0.1) is 18.9 Å². The standard InChI is InChI=1S/C14H16N4OS/c1-19-12-5-3-2-4-10(12)6-8-16-14-11(13(15)20)7-9-17-18-14/h2-5,7,9H,6,8H2,1H3,(H2,15,20)(H,16,18). The zero-order valence-electron chi connectivity index (χ0n) is 11.2. The third-order valence-corrected chi connectivity index (χ3v) is 3.09. The molecular weight excluding hydrogens is 272 g/mol. The first-order valence-electron chi connectivity index (χ1n) is 6.19. The molecule has 2 rings (SSSR count). The summed E-state index contributed by atoms with van der Waals surface area (Å²) in [6.45, 7) is 0.689. The summed E-state index contributed by atoms with van der Waals surface area (Å²) in [6, 6.07) is 9.66. The number of nitrogens with zero attached hydrogens (tertiary/aromatic N) is 2. The molecule has 1 aromatic carbocycles. The Morgan fingerprint density at radius 1 is 1.35 bits per heavy atom. The Hall–Kier alpha value is -2.21. The van der Waals surface area contributed by atoms with Gasteiger partial charge < -0.3 is 15.8 Å². The van der Waals surface area contributed by atoms with E-state index in [1.807, 2.05) is 24.3 Å². The lowest BCUT2D eigenvalue weighted by Crippen LogP contribution is -2.16. The van der Waals surface area contributed by atoms with E-state index in [4.69, 9.17) is 22.7 Å². The van der Waals surface area contributed by atoms with Crippen LogP contribution in [-0.2, 0) is 6.42 Å². The number of aromatic nitrogens is 2. The maximum Gasteiger partial charge on any atom is 0.158 e. The van der Waals surface area contributed by atoms with Gasteiger partial charge >= 0.3 is 0 Å². The van der Waals surface area contributed by atoms with Crippen molar-refractivity contribution in [1.29, 1.82) is 0 Å². The second-order valence-corrected chi connectivity index (χ2v) is 4.59. The Kier molecular flexibility index (Phi) is 4.84. The van der Waals surface area contributed by atoms with Crippen LogP contribution < -0.4 is 15.8 Å². The highest BCUT2D eigenvalue weighted by molar-refractivity contribution is 7.80. The first kappa shape index (κ1) is 14.2. The van der Waals surface area contributed by atoms with Crippen molar-refractivity contribution in [2.75, 3.05) is 19.0 Å². The van der Waals surface area contributed by atoms with Crippen molar-refractivity contribution in [3.05, 3.63) is 47.7 Å². The van der Waals surface area contributed by atoms with Crippen LogP contribution in [-0.4, -0.2) is 28.8 Å². The SMILES string of the molecule is COc1ccccc1CCNc1nnccc1C(N)=S. The summed E-state index contributed by atoms with van der Waals surface area (Å²) in [5.41, 5.74) is 7.48. The highest BCUT2D eigenvalue weighted by atomic mass is 32.1. The number of benzene rings is 1. The fourth-order valence-electron chi connectivity index (χ4n) is 1.89. The first-order valence-corrected chi connectivity index (χ1v) is 6.60. The van der Waals surface area contributed by atoms with Crippen LogP contribution in [0.25, 0.3) is 0 Å². The van der Waals surface area contributed by atoms with Gasteiger partial charge in [0.25, 0.3) is 0 Å². The number of hydrogen-bond acceptors (Lipinski definition) is 5. The molecule has 0 amide bonds. The molecule has 3 N–H and O–H groups in total. The summed E-state index contributed by atoms with van der Waals surface area (Å²) in [5.74, 6) is 1.48. The van der Waals surface area contributed by atoms with Gasteiger partial charge in [-0.1, -0.05) is 30.4 Å². The van der Waals surface area contributed by atoms with Gasteiger partial charge in [-0.15, -0.1) is 5.10 Å². The van der Waals surface area contributed by atoms with Gasteiger partial charge in [-0.3, -0.25) is 0 Å². The van der Waals surface area contributed by atoms with Gasteiger partial charge in [-0.25, -0.2) is 0 Å². The molecule has 0 spiro atoms. The smallest absolute Gasteiger partial charge is 0.158 e. The fraction of sp³-hybridized carbons (Fsp3) is 0.214. The van der Waals surface area contributed by atoms with E-state index in [1.54, 1.807) is 19.4 Å². The molecule has 0 saturated carbocycles. The van der Waals surface area contributed by atoms with E-state index in [2.05, 4.69) is 15.5 Å². The highest BCUT2D eigenvalue weighted by Crippen LogP contribution is 2.18. The molecule has 0 radical (unpaired) electrons. The minimum atomic E-state index is 0.305. The molecule has 5 nitrogen and oxygen atoms in total. The number of para-hydroxylation sites is 1. The third-order valence-electron chi connectivity index (χ3n) is 2.87. The summed E-state index contributed by atoms with van der Waals surface area (Å²) < 4.78 is 5.31. The average molecular weight is 288 g/mol. The molecule has 0 saturated heterocycles. The molecule has 2 aromatic rings. The molecule has 104 valence electrons. The molecule has 0 aliphatic rings. The van der Waals surface area contributed by atoms with Crippen molar-refractivity contribution in [3.8, 4) is 5.75 Å². The number of nitrogens with two attached hydrogens (primary N) is 1. The van der Waals surface area contributed by atoms with Gasteiger partial charge in [-0.2, -0.15) is 5.10 Å². The molecule has 0 aliphatic heterocycles. The van der Waals surface area contributed by atoms with Crippen molar-refractivity contribution in [3.63, 3.8) is 0 Å². The lowest BCUT2D eigenvalue weighted by molar-refractivity contribution is 0.410. The molecule has 0 atom stereocenters. The summed E-state index contributed by atoms with van der Waals surface area (Å²) in [5, 5.41) is 11.0. The molecular formula is C14H16N4OS. The molecule has 1 aromatic heterocycles. The first-order chi connectivity index (χ1) is 9.72. The molecule has 6 heteroatoms. The summed E-state index contributed by atoms with van der Waals surface area (Å²) >= 11 is 4.98. The van der Waals surface area contributed by atoms with E-state index in [9.17, 15) is 0 Å². The molecule has 1 heterocycles. The summed E-state index contributed by atoms with van der Waals surface area (Å²) in [4.78, 5) is 0.305. The second kappa shape index (κ2) is 6.81. The molecule has 20 heavy (non-hydrogen) atoms. The number of thiocarbonyl (C=S) groups is 1. The van der Waals surface area contributed by atoms with E-state index in [-0.39, 0.29) is 0 Å². The van der Waals surface area contributed by atoms with Crippen LogP contribution in [0.4, 0.5) is 5.82 Å². The largest absolute Gasteiger partial charge is 0.496 e. The van der Waals surface area contributed by atoms with Crippen molar-refractivity contribution in [2.24, 2.45) is 5.73 Å². The molecule has 0 aliphatic carbocycles. The lowest BCUT2D eigenvalue weighted by Gasteiger charge is -2.11. The summed E-state index contributed by atoms with van der Waals surface area (Å²) in [6.07, 6.45) is 2.37. The summed E-state index contributed by atoms with van der Waals surface area (Å²) in [7, 11) is 1.67. The fourth-order valence-corrected chi connectivity index (χ4v) is 2.05. The van der Waals surface area contributed by atoms with Gasteiger partial charge in [0, 0.05) is 6.54 Å². The van der Waals surface area contributed by atoms with E-state index in [1.165, 1.54) is 0 Å². The number of anilines is 1. The highest BCUT2D eigenvalue weighted by Gasteiger charge is 2.07. The van der Waals surface area contributed by atoms with Gasteiger partial charge in [0.15, 0.2) is 5.82 Å². The van der Waals surface area contributed by atoms with E-state index in [0.717, 1.165) is 17.7 Å². The van der Waals surface area contributed by atoms with Crippen LogP contribution in [0.1, 0.15) is 11.1 Å². The van der Waals surface area contributed by atoms with E-state index in [0.29, 0.717) is 22.9 Å². The number of hydrogen-bond donors (Lipinski definition) is 2. The Bertz CT molecular complexity index is 603. The quantitative estimate of drug-likeness (QED) is 0.789. The van der Waals surface area contributed by atoms with Crippen LogP contribution in [0.15, 0.2) is 36.5 Å². The average Bonchev–Trinajstić information content (AvgIpc) is 2.48. The van der Waals surface area contributed by atoms with Crippen LogP contribution in [0, 0.1) is 0 Å². The zero-order chi connectivity index (χ0) is 14.4. The topological polar surface area (TPSA) is 73.1 Å². The molecule has 0 bridgehead atoms. The lowest BCUT2D eigenvalue weighted by atomic mass is 10.1. The number of methoxy groups -OCH3 is 1. The van der Waals surface area contributed by atoms with Crippen LogP contribution >= 0.6 is 12.2 Å². The Balaban J connectivity index is 2.01. The minimum absolute atomic E-state index is 0.305. The predicted molar refractivity (Wildman–Crippen MR) is 83.1 cm³/mol. The van der Waals surface area contributed by atoms with Gasteiger partial charge in [0.1, 0.15) is 10.7 Å². The van der Waals surface area contributed by atoms with Crippen molar-refractivity contribution < 1.29 is 4.74 Å². The van der Waals surface area contributed by atoms with Crippen LogP contribution in [0.5, 0.6) is 5.75 Å². The maximum atomic E-state index is 5.65. The van der Waals surface area contributed by atoms with E-state index < -0.39 is 0 Å². The van der Waals surface area contributed by atoms with Crippen LogP contribution in [0.3, 0.4) is 0 Å². The zero-order valence-corrected chi connectivity index (χ0v) is 12.0. The number of rotatable bonds is 6. The predicted octanol–water partition coefficient (Wildman–Crippen LogP) is 1.77. The second-order valence-electron chi connectivity index (χ2n) is 4.15. The minimum Gasteiger partial charge on any atom is -0.496 e. The van der Waals surface area contributed by atoms with E-state index >= 15 is 0 Å². The molecule has 0 unspecified atom stereocenters. The van der Waals surface area contributed by atoms with Crippen LogP contribution in [0.2, 0.25) is 0 Å². The van der Waals surface area contributed by atoms with Gasteiger partial charge in [-0.05, 0) is 24.1 Å². The number of ether oxygens (including phenoxy) is 1. The van der Waals surface area contributed by atoms with Crippen molar-refractivity contribution in [2.45, 2.75) is 6.42 Å². The number of nitrogens with one attached hydrogen (secondary N) is 1. The Labute approximate surface area is 123 Å². The Morgan fingerprint density at radius 3 is 2.90 bits per heavy atom. The normalized spacial score (nSPS) is 10.1. The maximum absolute atomic E-state index is 5.65. The van der Waals surface area contributed by atoms with Gasteiger partial charge in [0.2, 0.25) is 0 Å². The Morgan fingerprint density at radius 2 is 2.15 bits per heavy atom. The van der Waals surface area contributed by atoms with Crippen molar-refractivity contribution >= 4 is 23.0 Å². The van der Waals surface area contributed by atoms with Crippen molar-refractivity contribution in [1.82, 2.24) is 10.2 Å².